The minimum absolute atomic E-state index is 0.0555. The van der Waals surface area contributed by atoms with Crippen LogP contribution in [0, 0.1) is 20.6 Å². The summed E-state index contributed by atoms with van der Waals surface area (Å²) in [5.41, 5.74) is 0.622. The Labute approximate surface area is 183 Å². The third-order valence-electron chi connectivity index (χ3n) is 3.92. The van der Waals surface area contributed by atoms with Crippen LogP contribution in [0.2, 0.25) is 0 Å². The van der Waals surface area contributed by atoms with Crippen molar-refractivity contribution in [1.82, 2.24) is 30.6 Å². The maximum Gasteiger partial charge on any atom is 0.316 e. The summed E-state index contributed by atoms with van der Waals surface area (Å²) in [6, 6.07) is 4.09. The molecule has 2 amide bonds. The number of hydrogen-bond donors (Lipinski definition) is 2. The van der Waals surface area contributed by atoms with Crippen molar-refractivity contribution in [1.29, 1.82) is 0 Å². The molecule has 2 heterocycles. The van der Waals surface area contributed by atoms with Crippen LogP contribution in [0.25, 0.3) is 0 Å². The molecule has 0 spiro atoms. The summed E-state index contributed by atoms with van der Waals surface area (Å²) in [5, 5.41) is 23.8. The minimum Gasteiger partial charge on any atom is -0.350 e. The highest BCUT2D eigenvalue weighted by molar-refractivity contribution is 14.1. The largest absolute Gasteiger partial charge is 0.350 e. The number of aromatic nitrogens is 4. The molecule has 0 saturated carbocycles. The van der Waals surface area contributed by atoms with Gasteiger partial charge >= 0.3 is 11.8 Å². The summed E-state index contributed by atoms with van der Waals surface area (Å²) in [7, 11) is 0. The van der Waals surface area contributed by atoms with Gasteiger partial charge in [-0.15, -0.1) is 0 Å². The number of carbonyl (C=O) groups is 2. The number of rotatable bonds is 8. The lowest BCUT2D eigenvalue weighted by molar-refractivity contribution is -0.385. The molecule has 30 heavy (non-hydrogen) atoms. The molecule has 0 aliphatic heterocycles. The first-order chi connectivity index (χ1) is 14.3. The van der Waals surface area contributed by atoms with Gasteiger partial charge in [0.05, 0.1) is 14.7 Å². The molecule has 3 aromatic rings. The number of carbonyl (C=O) groups excluding carboxylic acids is 2. The molecule has 0 bridgehead atoms. The Morgan fingerprint density at radius 1 is 1.27 bits per heavy atom. The van der Waals surface area contributed by atoms with Gasteiger partial charge < -0.3 is 15.2 Å². The fourth-order valence-corrected chi connectivity index (χ4v) is 2.96. The second-order valence-corrected chi connectivity index (χ2v) is 7.39. The normalized spacial score (nSPS) is 10.6. The summed E-state index contributed by atoms with van der Waals surface area (Å²) in [5.74, 6) is -0.855. The third kappa shape index (κ3) is 5.37. The Hall–Kier alpha value is -3.36. The molecule has 156 valence electrons. The quantitative estimate of drug-likeness (QED) is 0.193. The summed E-state index contributed by atoms with van der Waals surface area (Å²) in [4.78, 5) is 38.5. The fraction of sp³-hybridized carbons (Fsp3) is 0.235. The van der Waals surface area contributed by atoms with Crippen LogP contribution in [0.3, 0.4) is 0 Å². The van der Waals surface area contributed by atoms with Gasteiger partial charge in [0.1, 0.15) is 6.54 Å². The van der Waals surface area contributed by atoms with Gasteiger partial charge in [-0.3, -0.25) is 24.4 Å². The Balaban J connectivity index is 1.45. The Morgan fingerprint density at radius 3 is 2.63 bits per heavy atom. The number of nitro benzene ring substituents is 1. The zero-order valence-electron chi connectivity index (χ0n) is 15.7. The van der Waals surface area contributed by atoms with Crippen LogP contribution < -0.4 is 10.6 Å². The van der Waals surface area contributed by atoms with Gasteiger partial charge in [-0.05, 0) is 41.6 Å². The molecule has 12 nitrogen and oxygen atoms in total. The lowest BCUT2D eigenvalue weighted by Gasteiger charge is -2.06. The van der Waals surface area contributed by atoms with Gasteiger partial charge in [-0.25, -0.2) is 0 Å². The summed E-state index contributed by atoms with van der Waals surface area (Å²) in [6.07, 6.45) is 3.48. The maximum absolute atomic E-state index is 12.1. The van der Waals surface area contributed by atoms with E-state index in [0.29, 0.717) is 17.0 Å². The molecule has 13 heteroatoms. The molecule has 0 saturated heterocycles. The predicted molar refractivity (Wildman–Crippen MR) is 111 cm³/mol. The molecule has 1 aromatic carbocycles. The van der Waals surface area contributed by atoms with E-state index in [2.05, 4.69) is 48.5 Å². The molecule has 0 aliphatic carbocycles. The lowest BCUT2D eigenvalue weighted by atomic mass is 10.1. The van der Waals surface area contributed by atoms with E-state index in [1.54, 1.807) is 24.0 Å². The number of hydrogen-bond acceptors (Lipinski definition) is 8. The number of nitrogens with zero attached hydrogens (tertiary/aromatic N) is 5. The Kier molecular flexibility index (Phi) is 6.71. The topological polar surface area (TPSA) is 158 Å². The van der Waals surface area contributed by atoms with E-state index in [0.717, 1.165) is 3.57 Å². The first kappa shape index (κ1) is 21.4. The van der Waals surface area contributed by atoms with Crippen molar-refractivity contribution < 1.29 is 19.0 Å². The number of halogens is 1. The number of aryl methyl sites for hydroxylation is 1. The van der Waals surface area contributed by atoms with Crippen molar-refractivity contribution >= 4 is 40.1 Å². The average Bonchev–Trinajstić information content (AvgIpc) is 3.33. The second-order valence-electron chi connectivity index (χ2n) is 6.14. The average molecular weight is 525 g/mol. The summed E-state index contributed by atoms with van der Waals surface area (Å²) < 4.78 is 7.51. The molecular weight excluding hydrogens is 509 g/mol. The predicted octanol–water partition coefficient (Wildman–Crippen LogP) is 1.30. The van der Waals surface area contributed by atoms with E-state index in [1.807, 2.05) is 0 Å². The van der Waals surface area contributed by atoms with Crippen molar-refractivity contribution in [3.8, 4) is 0 Å². The van der Waals surface area contributed by atoms with Gasteiger partial charge in [-0.2, -0.15) is 10.1 Å². The second kappa shape index (κ2) is 9.43. The molecular formula is C17H16IN7O5. The van der Waals surface area contributed by atoms with Crippen LogP contribution >= 0.6 is 22.6 Å². The summed E-state index contributed by atoms with van der Waals surface area (Å²) in [6.45, 7) is 2.10. The molecule has 0 unspecified atom stereocenters. The van der Waals surface area contributed by atoms with Gasteiger partial charge in [0.25, 0.3) is 11.6 Å². The number of amides is 2. The smallest absolute Gasteiger partial charge is 0.316 e. The van der Waals surface area contributed by atoms with E-state index in [9.17, 15) is 19.7 Å². The van der Waals surface area contributed by atoms with Crippen LogP contribution in [-0.2, 0) is 6.54 Å². The monoisotopic (exact) mass is 525 g/mol. The van der Waals surface area contributed by atoms with Gasteiger partial charge in [-0.1, -0.05) is 5.16 Å². The van der Waals surface area contributed by atoms with Crippen molar-refractivity contribution in [3.63, 3.8) is 0 Å². The molecule has 3 rings (SSSR count). The standard InChI is InChI=1S/C17H16IN7O5/c1-10-6-11(2-3-13(10)25(28)29)15(26)19-4-5-20-16(27)17-22-14(23-30-17)9-24-8-12(18)7-21-24/h2-3,6-8H,4-5,9H2,1H3,(H,19,26)(H,20,27). The Morgan fingerprint density at radius 2 is 2.00 bits per heavy atom. The van der Waals surface area contributed by atoms with Crippen LogP contribution in [-0.4, -0.2) is 49.7 Å². The van der Waals surface area contributed by atoms with Gasteiger partial charge in [0.15, 0.2) is 5.82 Å². The van der Waals surface area contributed by atoms with Crippen molar-refractivity contribution in [2.24, 2.45) is 0 Å². The zero-order chi connectivity index (χ0) is 21.7. The number of benzene rings is 1. The first-order valence-corrected chi connectivity index (χ1v) is 9.73. The number of nitrogens with one attached hydrogen (secondary N) is 2. The highest BCUT2D eigenvalue weighted by Gasteiger charge is 2.16. The first-order valence-electron chi connectivity index (χ1n) is 8.65. The SMILES string of the molecule is Cc1cc(C(=O)NCCNC(=O)c2nc(Cn3cc(I)cn3)no2)ccc1[N+](=O)[O-]. The van der Waals surface area contributed by atoms with Crippen LogP contribution in [0.4, 0.5) is 5.69 Å². The summed E-state index contributed by atoms with van der Waals surface area (Å²) >= 11 is 2.12. The van der Waals surface area contributed by atoms with E-state index >= 15 is 0 Å². The highest BCUT2D eigenvalue weighted by Crippen LogP contribution is 2.18. The highest BCUT2D eigenvalue weighted by atomic mass is 127. The van der Waals surface area contributed by atoms with Crippen LogP contribution in [0.1, 0.15) is 32.4 Å². The molecule has 0 fully saturated rings. The van der Waals surface area contributed by atoms with Crippen LogP contribution in [0.5, 0.6) is 0 Å². The van der Waals surface area contributed by atoms with Gasteiger partial charge in [0.2, 0.25) is 0 Å². The fourth-order valence-electron chi connectivity index (χ4n) is 2.51. The number of nitro groups is 1. The zero-order valence-corrected chi connectivity index (χ0v) is 17.8. The van der Waals surface area contributed by atoms with E-state index < -0.39 is 16.7 Å². The lowest BCUT2D eigenvalue weighted by Crippen LogP contribution is -2.34. The van der Waals surface area contributed by atoms with Crippen molar-refractivity contribution in [2.45, 2.75) is 13.5 Å². The van der Waals surface area contributed by atoms with E-state index in [1.165, 1.54) is 18.2 Å². The molecule has 2 aromatic heterocycles. The van der Waals surface area contributed by atoms with Gasteiger partial charge in [0, 0.05) is 36.5 Å². The van der Waals surface area contributed by atoms with Crippen LogP contribution in [0.15, 0.2) is 35.1 Å². The molecule has 0 atom stereocenters. The van der Waals surface area contributed by atoms with E-state index in [4.69, 9.17) is 4.52 Å². The minimum atomic E-state index is -0.566. The maximum atomic E-state index is 12.1. The molecule has 0 aliphatic rings. The third-order valence-corrected chi connectivity index (χ3v) is 4.48. The van der Waals surface area contributed by atoms with Crippen molar-refractivity contribution in [2.75, 3.05) is 13.1 Å². The molecule has 0 radical (unpaired) electrons. The van der Waals surface area contributed by atoms with E-state index in [-0.39, 0.29) is 31.2 Å². The Bertz CT molecular complexity index is 1090. The molecule has 2 N–H and O–H groups in total. The van der Waals surface area contributed by atoms with Crippen molar-refractivity contribution in [3.05, 3.63) is 67.1 Å².